The quantitative estimate of drug-likeness (QED) is 0.422. The Bertz CT molecular complexity index is 1180. The molecule has 1 amide bonds. The van der Waals surface area contributed by atoms with Crippen molar-refractivity contribution in [3.63, 3.8) is 0 Å². The second kappa shape index (κ2) is 11.1. The van der Waals surface area contributed by atoms with Crippen molar-refractivity contribution in [2.75, 3.05) is 39.3 Å². The summed E-state index contributed by atoms with van der Waals surface area (Å²) in [4.78, 5) is 17.4. The second-order valence-electron chi connectivity index (χ2n) is 18.7. The van der Waals surface area contributed by atoms with Gasteiger partial charge in [-0.2, -0.15) is 0 Å². The molecule has 0 bridgehead atoms. The summed E-state index contributed by atoms with van der Waals surface area (Å²) in [5, 5.41) is 21.4. The molecule has 260 valence electrons. The van der Waals surface area contributed by atoms with E-state index in [1.54, 1.807) is 13.8 Å². The van der Waals surface area contributed by atoms with Crippen LogP contribution in [0.5, 0.6) is 0 Å². The number of rotatable bonds is 6. The van der Waals surface area contributed by atoms with Crippen LogP contribution in [0.15, 0.2) is 0 Å². The number of amides is 1. The van der Waals surface area contributed by atoms with Gasteiger partial charge in [0.05, 0.1) is 43.6 Å². The molecule has 9 unspecified atom stereocenters. The van der Waals surface area contributed by atoms with Crippen LogP contribution in [0.1, 0.15) is 112 Å². The molecule has 2 spiro atoms. The van der Waals surface area contributed by atoms with Crippen molar-refractivity contribution in [1.29, 1.82) is 0 Å². The molecule has 12 atom stereocenters. The molecule has 3 heterocycles. The normalized spacial score (nSPS) is 48.9. The van der Waals surface area contributed by atoms with Crippen molar-refractivity contribution < 1.29 is 29.2 Å². The highest BCUT2D eigenvalue weighted by atomic mass is 16.7. The Balaban J connectivity index is 0.935. The fourth-order valence-electron chi connectivity index (χ4n) is 13.5. The summed E-state index contributed by atoms with van der Waals surface area (Å²) in [7, 11) is 0. The summed E-state index contributed by atoms with van der Waals surface area (Å²) in [6, 6.07) is 0. The zero-order valence-electron chi connectivity index (χ0n) is 29.3. The number of morpholine rings is 1. The molecule has 5 aliphatic carbocycles. The van der Waals surface area contributed by atoms with Crippen LogP contribution in [-0.2, 0) is 19.0 Å². The Morgan fingerprint density at radius 2 is 1.72 bits per heavy atom. The SMILES string of the molecule is CC12CC[C@@]34CC35CC[C@H](OC3CN(C(=O)CN6CCCC6)CCO3)C(C)(C)C5CCC4C1CC1OC([C@H](O)C(C)(C)O)CCC12. The number of nitrogens with zero attached hydrogens (tertiary/aromatic N) is 2. The topological polar surface area (TPSA) is 91.7 Å². The first kappa shape index (κ1) is 32.4. The third kappa shape index (κ3) is 4.84. The standard InChI is InChI=1S/C38H62N2O6/c1-34(2)29-11-9-24-26-20-28-25(8-10-27(45-28)33(42)35(3,4)43)36(26,5)14-15-37(24)23-38(29,37)13-12-30(34)46-32-22-40(18-19-44-32)31(41)21-39-16-6-7-17-39/h24-30,32-33,42-43H,6-23H2,1-5H3/t24?,25?,26?,27?,28?,29?,30-,32?,33-,36?,37-,38?/m0/s1. The number of ether oxygens (including phenoxy) is 3. The number of fused-ring (bicyclic) bond motifs is 4. The average molecular weight is 643 g/mol. The summed E-state index contributed by atoms with van der Waals surface area (Å²) in [6.45, 7) is 15.4. The van der Waals surface area contributed by atoms with E-state index in [-0.39, 0.29) is 35.9 Å². The molecule has 8 nitrogen and oxygen atoms in total. The molecule has 8 fully saturated rings. The van der Waals surface area contributed by atoms with Crippen LogP contribution in [0.2, 0.25) is 0 Å². The van der Waals surface area contributed by atoms with Crippen molar-refractivity contribution in [3.05, 3.63) is 0 Å². The van der Waals surface area contributed by atoms with Gasteiger partial charge in [-0.25, -0.2) is 0 Å². The molecule has 8 heteroatoms. The number of aliphatic hydroxyl groups is 2. The number of carbonyl (C=O) groups is 1. The van der Waals surface area contributed by atoms with Gasteiger partial charge in [-0.05, 0) is 149 Å². The van der Waals surface area contributed by atoms with Crippen LogP contribution < -0.4 is 0 Å². The minimum Gasteiger partial charge on any atom is -0.388 e. The molecule has 0 radical (unpaired) electrons. The molecule has 8 rings (SSSR count). The first-order valence-corrected chi connectivity index (χ1v) is 19.1. The van der Waals surface area contributed by atoms with Gasteiger partial charge in [0, 0.05) is 6.54 Å². The summed E-state index contributed by atoms with van der Waals surface area (Å²) in [6.07, 6.45) is 13.5. The van der Waals surface area contributed by atoms with Gasteiger partial charge in [0.1, 0.15) is 6.10 Å². The van der Waals surface area contributed by atoms with Gasteiger partial charge in [-0.3, -0.25) is 9.69 Å². The predicted molar refractivity (Wildman–Crippen MR) is 175 cm³/mol. The Hall–Kier alpha value is -0.770. The van der Waals surface area contributed by atoms with Gasteiger partial charge in [0.2, 0.25) is 5.91 Å². The Morgan fingerprint density at radius 1 is 0.957 bits per heavy atom. The monoisotopic (exact) mass is 642 g/mol. The van der Waals surface area contributed by atoms with Crippen molar-refractivity contribution in [2.24, 2.45) is 45.3 Å². The van der Waals surface area contributed by atoms with Crippen LogP contribution in [0.25, 0.3) is 0 Å². The fourth-order valence-corrected chi connectivity index (χ4v) is 13.5. The van der Waals surface area contributed by atoms with E-state index in [1.807, 2.05) is 4.90 Å². The maximum Gasteiger partial charge on any atom is 0.237 e. The molecule has 0 aromatic heterocycles. The molecule has 0 aromatic carbocycles. The first-order chi connectivity index (χ1) is 21.8. The van der Waals surface area contributed by atoms with E-state index in [1.165, 1.54) is 51.4 Å². The van der Waals surface area contributed by atoms with Crippen molar-refractivity contribution >= 4 is 5.91 Å². The molecule has 3 saturated heterocycles. The Labute approximate surface area is 277 Å². The van der Waals surface area contributed by atoms with Gasteiger partial charge in [0.15, 0.2) is 6.29 Å². The van der Waals surface area contributed by atoms with Crippen LogP contribution in [0.4, 0.5) is 0 Å². The first-order valence-electron chi connectivity index (χ1n) is 19.1. The molecule has 8 aliphatic rings. The maximum atomic E-state index is 13.1. The van der Waals surface area contributed by atoms with E-state index >= 15 is 0 Å². The molecule has 0 aromatic rings. The lowest BCUT2D eigenvalue weighted by Gasteiger charge is -2.60. The third-order valence-corrected chi connectivity index (χ3v) is 15.9. The fraction of sp³-hybridized carbons (Fsp3) is 0.974. The smallest absolute Gasteiger partial charge is 0.237 e. The summed E-state index contributed by atoms with van der Waals surface area (Å²) in [5.74, 6) is 2.95. The third-order valence-electron chi connectivity index (χ3n) is 15.9. The number of aliphatic hydroxyl groups excluding tert-OH is 1. The van der Waals surface area contributed by atoms with E-state index < -0.39 is 11.7 Å². The van der Waals surface area contributed by atoms with Crippen LogP contribution in [0.3, 0.4) is 0 Å². The second-order valence-corrected chi connectivity index (χ2v) is 18.7. The zero-order valence-corrected chi connectivity index (χ0v) is 29.3. The lowest BCUT2D eigenvalue weighted by Crippen LogP contribution is -2.56. The van der Waals surface area contributed by atoms with Crippen LogP contribution in [-0.4, -0.2) is 102 Å². The molecule has 5 saturated carbocycles. The average Bonchev–Trinajstić information content (AvgIpc) is 3.24. The number of likely N-dealkylation sites (tertiary alicyclic amines) is 1. The molecule has 3 aliphatic heterocycles. The minimum absolute atomic E-state index is 0.0753. The molecule has 46 heavy (non-hydrogen) atoms. The molecular weight excluding hydrogens is 580 g/mol. The number of carbonyl (C=O) groups excluding carboxylic acids is 1. The largest absolute Gasteiger partial charge is 0.388 e. The number of hydrogen-bond acceptors (Lipinski definition) is 7. The lowest BCUT2D eigenvalue weighted by atomic mass is 9.46. The van der Waals surface area contributed by atoms with E-state index in [0.717, 1.165) is 44.7 Å². The van der Waals surface area contributed by atoms with Gasteiger partial charge < -0.3 is 29.3 Å². The van der Waals surface area contributed by atoms with E-state index in [9.17, 15) is 15.0 Å². The van der Waals surface area contributed by atoms with Crippen molar-refractivity contribution in [2.45, 2.75) is 148 Å². The Morgan fingerprint density at radius 3 is 2.48 bits per heavy atom. The maximum absolute atomic E-state index is 13.1. The van der Waals surface area contributed by atoms with E-state index in [0.29, 0.717) is 60.2 Å². The predicted octanol–water partition coefficient (Wildman–Crippen LogP) is 4.99. The Kier molecular flexibility index (Phi) is 7.84. The van der Waals surface area contributed by atoms with Gasteiger partial charge in [-0.15, -0.1) is 0 Å². The van der Waals surface area contributed by atoms with Gasteiger partial charge in [-0.1, -0.05) is 20.8 Å². The highest BCUT2D eigenvalue weighted by Crippen LogP contribution is 2.87. The lowest BCUT2D eigenvalue weighted by molar-refractivity contribution is -0.244. The number of hydrogen-bond donors (Lipinski definition) is 2. The van der Waals surface area contributed by atoms with Crippen LogP contribution >= 0.6 is 0 Å². The van der Waals surface area contributed by atoms with Gasteiger partial charge in [0.25, 0.3) is 0 Å². The van der Waals surface area contributed by atoms with Crippen molar-refractivity contribution in [1.82, 2.24) is 9.80 Å². The highest BCUT2D eigenvalue weighted by Gasteiger charge is 2.80. The summed E-state index contributed by atoms with van der Waals surface area (Å²) in [5.41, 5.74) is 0.181. The highest BCUT2D eigenvalue weighted by molar-refractivity contribution is 5.78. The minimum atomic E-state index is -1.14. The van der Waals surface area contributed by atoms with E-state index in [4.69, 9.17) is 14.2 Å². The van der Waals surface area contributed by atoms with Crippen LogP contribution in [0, 0.1) is 45.3 Å². The zero-order chi connectivity index (χ0) is 32.3. The van der Waals surface area contributed by atoms with E-state index in [2.05, 4.69) is 25.7 Å². The molecular formula is C38H62N2O6. The summed E-state index contributed by atoms with van der Waals surface area (Å²) >= 11 is 0. The molecule has 2 N–H and O–H groups in total. The van der Waals surface area contributed by atoms with Crippen molar-refractivity contribution in [3.8, 4) is 0 Å². The van der Waals surface area contributed by atoms with Gasteiger partial charge >= 0.3 is 0 Å². The summed E-state index contributed by atoms with van der Waals surface area (Å²) < 4.78 is 19.7.